The van der Waals surface area contributed by atoms with Crippen molar-refractivity contribution >= 4 is 16.8 Å². The van der Waals surface area contributed by atoms with E-state index in [-0.39, 0.29) is 23.6 Å². The van der Waals surface area contributed by atoms with Crippen LogP contribution in [0.1, 0.15) is 21.6 Å². The first kappa shape index (κ1) is 17.4. The number of benzene rings is 2. The van der Waals surface area contributed by atoms with Gasteiger partial charge >= 0.3 is 6.36 Å². The van der Waals surface area contributed by atoms with E-state index in [1.807, 2.05) is 6.07 Å². The van der Waals surface area contributed by atoms with E-state index in [1.165, 1.54) is 22.8 Å². The molecular formula is C18H12F3N3O2. The standard InChI is InChI=1S/C18H12F3N3O2/c19-18(20,21)26-12-5-3-4-11(8-12)10-24-15-7-2-1-6-13(15)14(9-22)16(24)17(23)25/h1-8H,10H2,(H2,23,25). The van der Waals surface area contributed by atoms with Crippen LogP contribution in [0.3, 0.4) is 0 Å². The predicted molar refractivity (Wildman–Crippen MR) is 87.4 cm³/mol. The highest BCUT2D eigenvalue weighted by Gasteiger charge is 2.31. The summed E-state index contributed by atoms with van der Waals surface area (Å²) in [5, 5.41) is 9.95. The van der Waals surface area contributed by atoms with Gasteiger partial charge in [0, 0.05) is 11.9 Å². The van der Waals surface area contributed by atoms with Crippen LogP contribution in [0.25, 0.3) is 10.9 Å². The lowest BCUT2D eigenvalue weighted by Gasteiger charge is -2.12. The zero-order valence-electron chi connectivity index (χ0n) is 13.2. The minimum absolute atomic E-state index is 0.0100. The number of hydrogen-bond donors (Lipinski definition) is 1. The van der Waals surface area contributed by atoms with Crippen LogP contribution in [-0.2, 0) is 6.54 Å². The van der Waals surface area contributed by atoms with Gasteiger partial charge in [0.25, 0.3) is 5.91 Å². The fourth-order valence-electron chi connectivity index (χ4n) is 2.86. The Morgan fingerprint density at radius 2 is 1.92 bits per heavy atom. The van der Waals surface area contributed by atoms with Crippen molar-refractivity contribution in [1.29, 1.82) is 5.26 Å². The molecule has 0 saturated carbocycles. The first-order valence-corrected chi connectivity index (χ1v) is 7.46. The van der Waals surface area contributed by atoms with Gasteiger partial charge in [0.05, 0.1) is 11.1 Å². The second-order valence-corrected chi connectivity index (χ2v) is 5.50. The first-order chi connectivity index (χ1) is 12.3. The molecule has 0 aliphatic carbocycles. The number of carbonyl (C=O) groups is 1. The zero-order valence-corrected chi connectivity index (χ0v) is 13.2. The van der Waals surface area contributed by atoms with Gasteiger partial charge in [0.15, 0.2) is 0 Å². The van der Waals surface area contributed by atoms with Crippen LogP contribution >= 0.6 is 0 Å². The third-order valence-corrected chi connectivity index (χ3v) is 3.79. The second-order valence-electron chi connectivity index (χ2n) is 5.50. The molecular weight excluding hydrogens is 347 g/mol. The average molecular weight is 359 g/mol. The summed E-state index contributed by atoms with van der Waals surface area (Å²) in [5.74, 6) is -1.16. The fraction of sp³-hybridized carbons (Fsp3) is 0.111. The number of ether oxygens (including phenoxy) is 1. The largest absolute Gasteiger partial charge is 0.573 e. The number of carbonyl (C=O) groups excluding carboxylic acids is 1. The number of aromatic nitrogens is 1. The Bertz CT molecular complexity index is 1030. The Morgan fingerprint density at radius 3 is 2.58 bits per heavy atom. The normalized spacial score (nSPS) is 11.3. The van der Waals surface area contributed by atoms with Crippen LogP contribution in [0.15, 0.2) is 48.5 Å². The number of halogens is 3. The minimum atomic E-state index is -4.80. The molecule has 2 N–H and O–H groups in total. The Balaban J connectivity index is 2.10. The number of hydrogen-bond acceptors (Lipinski definition) is 3. The molecule has 8 heteroatoms. The second kappa shape index (κ2) is 6.44. The number of para-hydroxylation sites is 1. The number of rotatable bonds is 4. The van der Waals surface area contributed by atoms with Crippen molar-refractivity contribution in [2.75, 3.05) is 0 Å². The van der Waals surface area contributed by atoms with E-state index in [4.69, 9.17) is 5.73 Å². The van der Waals surface area contributed by atoms with E-state index < -0.39 is 12.3 Å². The Kier molecular flexibility index (Phi) is 4.30. The van der Waals surface area contributed by atoms with Crippen molar-refractivity contribution in [2.45, 2.75) is 12.9 Å². The van der Waals surface area contributed by atoms with Gasteiger partial charge in [0.2, 0.25) is 0 Å². The lowest BCUT2D eigenvalue weighted by atomic mass is 10.1. The maximum atomic E-state index is 12.4. The number of primary amides is 1. The van der Waals surface area contributed by atoms with Crippen molar-refractivity contribution in [3.05, 3.63) is 65.4 Å². The highest BCUT2D eigenvalue weighted by atomic mass is 19.4. The number of alkyl halides is 3. The van der Waals surface area contributed by atoms with Gasteiger partial charge in [-0.1, -0.05) is 30.3 Å². The van der Waals surface area contributed by atoms with Crippen LogP contribution in [0.2, 0.25) is 0 Å². The zero-order chi connectivity index (χ0) is 18.9. The minimum Gasteiger partial charge on any atom is -0.406 e. The molecule has 132 valence electrons. The molecule has 1 heterocycles. The third-order valence-electron chi connectivity index (χ3n) is 3.79. The molecule has 0 aliphatic rings. The molecule has 0 spiro atoms. The van der Waals surface area contributed by atoms with Gasteiger partial charge in [-0.05, 0) is 23.8 Å². The number of amides is 1. The van der Waals surface area contributed by atoms with E-state index in [0.717, 1.165) is 0 Å². The van der Waals surface area contributed by atoms with E-state index in [2.05, 4.69) is 4.74 Å². The quantitative estimate of drug-likeness (QED) is 0.773. The van der Waals surface area contributed by atoms with Gasteiger partial charge in [-0.3, -0.25) is 4.79 Å². The van der Waals surface area contributed by atoms with Crippen molar-refractivity contribution in [3.8, 4) is 11.8 Å². The van der Waals surface area contributed by atoms with Gasteiger partial charge in [-0.25, -0.2) is 0 Å². The number of nitriles is 1. The van der Waals surface area contributed by atoms with Crippen LogP contribution in [-0.4, -0.2) is 16.8 Å². The lowest BCUT2D eigenvalue weighted by Crippen LogP contribution is -2.19. The average Bonchev–Trinajstić information content (AvgIpc) is 2.87. The Morgan fingerprint density at radius 1 is 1.19 bits per heavy atom. The van der Waals surface area contributed by atoms with E-state index in [0.29, 0.717) is 16.5 Å². The van der Waals surface area contributed by atoms with Gasteiger partial charge in [-0.15, -0.1) is 13.2 Å². The maximum absolute atomic E-state index is 12.4. The molecule has 0 aliphatic heterocycles. The molecule has 0 atom stereocenters. The van der Waals surface area contributed by atoms with Crippen LogP contribution in [0.5, 0.6) is 5.75 Å². The summed E-state index contributed by atoms with van der Waals surface area (Å²) >= 11 is 0. The van der Waals surface area contributed by atoms with Gasteiger partial charge < -0.3 is 15.0 Å². The number of nitrogens with zero attached hydrogens (tertiary/aromatic N) is 2. The summed E-state index contributed by atoms with van der Waals surface area (Å²) in [6, 6.07) is 14.2. The van der Waals surface area contributed by atoms with E-state index >= 15 is 0 Å². The molecule has 0 radical (unpaired) electrons. The summed E-state index contributed by atoms with van der Waals surface area (Å²) in [4.78, 5) is 11.9. The smallest absolute Gasteiger partial charge is 0.406 e. The highest BCUT2D eigenvalue weighted by Crippen LogP contribution is 2.28. The summed E-state index contributed by atoms with van der Waals surface area (Å²) in [5.41, 5.74) is 6.62. The molecule has 2 aromatic carbocycles. The Hall–Kier alpha value is -3.47. The topological polar surface area (TPSA) is 81.0 Å². The molecule has 0 saturated heterocycles. The molecule has 3 aromatic rings. The van der Waals surface area contributed by atoms with Crippen LogP contribution in [0.4, 0.5) is 13.2 Å². The van der Waals surface area contributed by atoms with Crippen molar-refractivity contribution in [3.63, 3.8) is 0 Å². The molecule has 0 unspecified atom stereocenters. The van der Waals surface area contributed by atoms with Crippen LogP contribution in [0, 0.1) is 11.3 Å². The molecule has 1 amide bonds. The molecule has 0 bridgehead atoms. The van der Waals surface area contributed by atoms with Crippen molar-refractivity contribution in [2.24, 2.45) is 5.73 Å². The molecule has 5 nitrogen and oxygen atoms in total. The third kappa shape index (κ3) is 3.32. The van der Waals surface area contributed by atoms with Crippen molar-refractivity contribution in [1.82, 2.24) is 4.57 Å². The molecule has 26 heavy (non-hydrogen) atoms. The summed E-state index contributed by atoms with van der Waals surface area (Å²) in [6.07, 6.45) is -4.80. The SMILES string of the molecule is N#Cc1c(C(N)=O)n(Cc2cccc(OC(F)(F)F)c2)c2ccccc12. The molecule has 3 rings (SSSR count). The van der Waals surface area contributed by atoms with Crippen molar-refractivity contribution < 1.29 is 22.7 Å². The fourth-order valence-corrected chi connectivity index (χ4v) is 2.86. The van der Waals surface area contributed by atoms with Crippen LogP contribution < -0.4 is 10.5 Å². The summed E-state index contributed by atoms with van der Waals surface area (Å²) in [7, 11) is 0. The number of nitrogens with two attached hydrogens (primary N) is 1. The van der Waals surface area contributed by atoms with Gasteiger partial charge in [-0.2, -0.15) is 5.26 Å². The highest BCUT2D eigenvalue weighted by molar-refractivity contribution is 6.02. The van der Waals surface area contributed by atoms with Gasteiger partial charge in [0.1, 0.15) is 17.5 Å². The van der Waals surface area contributed by atoms with E-state index in [1.54, 1.807) is 30.3 Å². The lowest BCUT2D eigenvalue weighted by molar-refractivity contribution is -0.274. The predicted octanol–water partition coefficient (Wildman–Crippen LogP) is 3.56. The summed E-state index contributed by atoms with van der Waals surface area (Å²) in [6.45, 7) is 0.0511. The molecule has 1 aromatic heterocycles. The molecule has 0 fully saturated rings. The monoisotopic (exact) mass is 359 g/mol. The first-order valence-electron chi connectivity index (χ1n) is 7.46. The summed E-state index contributed by atoms with van der Waals surface area (Å²) < 4.78 is 42.6. The van der Waals surface area contributed by atoms with E-state index in [9.17, 15) is 23.2 Å². The Labute approximate surface area is 146 Å². The maximum Gasteiger partial charge on any atom is 0.573 e. The number of fused-ring (bicyclic) bond motifs is 1.